The minimum atomic E-state index is 1.33. The third-order valence-electron chi connectivity index (χ3n) is 2.72. The van der Waals surface area contributed by atoms with Gasteiger partial charge in [0.25, 0.3) is 0 Å². The molecule has 80 valence electrons. The first-order chi connectivity index (χ1) is 7.18. The SMILES string of the molecule is CC.Cc1ccc2c(C)c(C)ccc2c1. The average Bonchev–Trinajstić information content (AvgIpc) is 2.26. The van der Waals surface area contributed by atoms with E-state index in [0.29, 0.717) is 0 Å². The highest BCUT2D eigenvalue weighted by Gasteiger charge is 1.99. The third kappa shape index (κ3) is 2.38. The van der Waals surface area contributed by atoms with E-state index in [4.69, 9.17) is 0 Å². The van der Waals surface area contributed by atoms with Gasteiger partial charge >= 0.3 is 0 Å². The molecule has 15 heavy (non-hydrogen) atoms. The van der Waals surface area contributed by atoms with Gasteiger partial charge in [-0.25, -0.2) is 0 Å². The molecule has 0 bridgehead atoms. The number of hydrogen-bond acceptors (Lipinski definition) is 0. The van der Waals surface area contributed by atoms with Crippen molar-refractivity contribution < 1.29 is 0 Å². The summed E-state index contributed by atoms with van der Waals surface area (Å²) in [4.78, 5) is 0. The fourth-order valence-corrected chi connectivity index (χ4v) is 1.71. The lowest BCUT2D eigenvalue weighted by Gasteiger charge is -2.05. The van der Waals surface area contributed by atoms with Crippen LogP contribution in [-0.2, 0) is 0 Å². The minimum absolute atomic E-state index is 1.33. The molecule has 2 rings (SSSR count). The summed E-state index contributed by atoms with van der Waals surface area (Å²) in [7, 11) is 0. The first-order valence-corrected chi connectivity index (χ1v) is 5.65. The van der Waals surface area contributed by atoms with Crippen LogP contribution in [0, 0.1) is 20.8 Å². The number of aryl methyl sites for hydroxylation is 3. The molecule has 0 amide bonds. The highest BCUT2D eigenvalue weighted by molar-refractivity contribution is 5.87. The van der Waals surface area contributed by atoms with Crippen LogP contribution >= 0.6 is 0 Å². The molecule has 2 aromatic carbocycles. The van der Waals surface area contributed by atoms with Gasteiger partial charge in [-0.05, 0) is 42.7 Å². The molecular weight excluding hydrogens is 180 g/mol. The van der Waals surface area contributed by atoms with Gasteiger partial charge in [0.1, 0.15) is 0 Å². The molecule has 0 fully saturated rings. The van der Waals surface area contributed by atoms with Crippen LogP contribution in [0.1, 0.15) is 30.5 Å². The van der Waals surface area contributed by atoms with E-state index < -0.39 is 0 Å². The molecule has 0 saturated heterocycles. The standard InChI is InChI=1S/C13H14.C2H6/c1-9-4-7-13-11(3)10(2)5-6-12(13)8-9;1-2/h4-8H,1-3H3;1-2H3. The van der Waals surface area contributed by atoms with Crippen LogP contribution in [0.4, 0.5) is 0 Å². The maximum absolute atomic E-state index is 2.24. The van der Waals surface area contributed by atoms with E-state index in [0.717, 1.165) is 0 Å². The van der Waals surface area contributed by atoms with Crippen molar-refractivity contribution in [2.45, 2.75) is 34.6 Å². The monoisotopic (exact) mass is 200 g/mol. The second-order valence-corrected chi connectivity index (χ2v) is 3.73. The first-order valence-electron chi connectivity index (χ1n) is 5.65. The van der Waals surface area contributed by atoms with Gasteiger partial charge in [-0.2, -0.15) is 0 Å². The van der Waals surface area contributed by atoms with Gasteiger partial charge in [0.15, 0.2) is 0 Å². The van der Waals surface area contributed by atoms with Crippen molar-refractivity contribution in [3.8, 4) is 0 Å². The van der Waals surface area contributed by atoms with Gasteiger partial charge in [-0.15, -0.1) is 0 Å². The Labute approximate surface area is 92.9 Å². The molecule has 0 aliphatic heterocycles. The van der Waals surface area contributed by atoms with Gasteiger partial charge in [0.05, 0.1) is 0 Å². The Kier molecular flexibility index (Phi) is 3.90. The lowest BCUT2D eigenvalue weighted by molar-refractivity contribution is 1.37. The maximum atomic E-state index is 2.24. The van der Waals surface area contributed by atoms with Crippen molar-refractivity contribution in [3.05, 3.63) is 47.0 Å². The van der Waals surface area contributed by atoms with Crippen molar-refractivity contribution in [3.63, 3.8) is 0 Å². The first kappa shape index (κ1) is 11.8. The summed E-state index contributed by atoms with van der Waals surface area (Å²) in [6.45, 7) is 10.5. The summed E-state index contributed by atoms with van der Waals surface area (Å²) >= 11 is 0. The Bertz CT molecular complexity index is 453. The van der Waals surface area contributed by atoms with Gasteiger partial charge in [0.2, 0.25) is 0 Å². The molecule has 2 aromatic rings. The van der Waals surface area contributed by atoms with Crippen molar-refractivity contribution >= 4 is 10.8 Å². The van der Waals surface area contributed by atoms with Crippen LogP contribution in [-0.4, -0.2) is 0 Å². The van der Waals surface area contributed by atoms with Crippen LogP contribution in [0.25, 0.3) is 10.8 Å². The van der Waals surface area contributed by atoms with E-state index in [2.05, 4.69) is 51.1 Å². The van der Waals surface area contributed by atoms with E-state index in [9.17, 15) is 0 Å². The Morgan fingerprint density at radius 3 is 2.13 bits per heavy atom. The maximum Gasteiger partial charge on any atom is -0.0152 e. The van der Waals surface area contributed by atoms with Crippen LogP contribution in [0.2, 0.25) is 0 Å². The largest absolute Gasteiger partial charge is 0.0683 e. The predicted octanol–water partition coefficient (Wildman–Crippen LogP) is 4.79. The molecule has 0 N–H and O–H groups in total. The van der Waals surface area contributed by atoms with Crippen molar-refractivity contribution in [2.75, 3.05) is 0 Å². The summed E-state index contributed by atoms with van der Waals surface area (Å²) < 4.78 is 0. The number of benzene rings is 2. The zero-order valence-electron chi connectivity index (χ0n) is 10.4. The second kappa shape index (κ2) is 4.97. The minimum Gasteiger partial charge on any atom is -0.0683 e. The highest BCUT2D eigenvalue weighted by atomic mass is 14.0. The lowest BCUT2D eigenvalue weighted by atomic mass is 10.00. The highest BCUT2D eigenvalue weighted by Crippen LogP contribution is 2.22. The Morgan fingerprint density at radius 2 is 1.47 bits per heavy atom. The van der Waals surface area contributed by atoms with Crippen LogP contribution < -0.4 is 0 Å². The van der Waals surface area contributed by atoms with Gasteiger partial charge in [0, 0.05) is 0 Å². The normalized spacial score (nSPS) is 9.67. The number of fused-ring (bicyclic) bond motifs is 1. The van der Waals surface area contributed by atoms with Gasteiger partial charge in [-0.1, -0.05) is 49.7 Å². The van der Waals surface area contributed by atoms with E-state index in [1.807, 2.05) is 13.8 Å². The molecule has 0 heterocycles. The summed E-state index contributed by atoms with van der Waals surface area (Å²) in [6, 6.07) is 11.0. The molecule has 0 aromatic heterocycles. The zero-order chi connectivity index (χ0) is 11.4. The van der Waals surface area contributed by atoms with E-state index >= 15 is 0 Å². The zero-order valence-corrected chi connectivity index (χ0v) is 10.4. The second-order valence-electron chi connectivity index (χ2n) is 3.73. The molecule has 0 saturated carbocycles. The van der Waals surface area contributed by atoms with Crippen molar-refractivity contribution in [1.82, 2.24) is 0 Å². The summed E-state index contributed by atoms with van der Waals surface area (Å²) in [5.41, 5.74) is 4.10. The number of hydrogen-bond donors (Lipinski definition) is 0. The average molecular weight is 200 g/mol. The molecule has 0 atom stereocenters. The fourth-order valence-electron chi connectivity index (χ4n) is 1.71. The van der Waals surface area contributed by atoms with Crippen LogP contribution in [0.15, 0.2) is 30.3 Å². The quantitative estimate of drug-likeness (QED) is 0.573. The Morgan fingerprint density at radius 1 is 0.800 bits per heavy atom. The lowest BCUT2D eigenvalue weighted by Crippen LogP contribution is -1.83. The molecule has 0 spiro atoms. The Hall–Kier alpha value is -1.30. The molecule has 0 nitrogen and oxygen atoms in total. The summed E-state index contributed by atoms with van der Waals surface area (Å²) in [5, 5.41) is 2.73. The van der Waals surface area contributed by atoms with Crippen LogP contribution in [0.5, 0.6) is 0 Å². The van der Waals surface area contributed by atoms with E-state index in [-0.39, 0.29) is 0 Å². The Balaban J connectivity index is 0.000000531. The smallest absolute Gasteiger partial charge is 0.0152 e. The molecular formula is C15H20. The molecule has 0 unspecified atom stereocenters. The van der Waals surface area contributed by atoms with E-state index in [1.165, 1.54) is 27.5 Å². The third-order valence-corrected chi connectivity index (χ3v) is 2.72. The van der Waals surface area contributed by atoms with Crippen molar-refractivity contribution in [1.29, 1.82) is 0 Å². The fraction of sp³-hybridized carbons (Fsp3) is 0.333. The number of rotatable bonds is 0. The molecule has 0 radical (unpaired) electrons. The molecule has 0 aliphatic rings. The van der Waals surface area contributed by atoms with Crippen LogP contribution in [0.3, 0.4) is 0 Å². The van der Waals surface area contributed by atoms with Gasteiger partial charge < -0.3 is 0 Å². The van der Waals surface area contributed by atoms with Crippen molar-refractivity contribution in [2.24, 2.45) is 0 Å². The summed E-state index contributed by atoms with van der Waals surface area (Å²) in [5.74, 6) is 0. The predicted molar refractivity (Wildman–Crippen MR) is 69.5 cm³/mol. The molecule has 0 heteroatoms. The topological polar surface area (TPSA) is 0 Å². The van der Waals surface area contributed by atoms with E-state index in [1.54, 1.807) is 0 Å². The van der Waals surface area contributed by atoms with Gasteiger partial charge in [-0.3, -0.25) is 0 Å². The molecule has 0 aliphatic carbocycles. The summed E-state index contributed by atoms with van der Waals surface area (Å²) in [6.07, 6.45) is 0.